The SMILES string of the molecule is NC(=O)CSCCC(=O)N[C@H](CCO)C(=O)O. The summed E-state index contributed by atoms with van der Waals surface area (Å²) in [7, 11) is 0. The number of aliphatic hydroxyl groups is 1. The van der Waals surface area contributed by atoms with Crippen molar-refractivity contribution < 1.29 is 24.6 Å². The maximum absolute atomic E-state index is 11.3. The molecule has 5 N–H and O–H groups in total. The van der Waals surface area contributed by atoms with E-state index in [0.29, 0.717) is 5.75 Å². The summed E-state index contributed by atoms with van der Waals surface area (Å²) in [6, 6.07) is -1.08. The molecule has 0 heterocycles. The molecule has 98 valence electrons. The van der Waals surface area contributed by atoms with E-state index in [-0.39, 0.29) is 25.2 Å². The molecule has 0 radical (unpaired) electrons. The first-order valence-corrected chi connectivity index (χ1v) is 6.12. The van der Waals surface area contributed by atoms with Crippen LogP contribution in [-0.4, -0.2) is 52.2 Å². The monoisotopic (exact) mass is 264 g/mol. The van der Waals surface area contributed by atoms with Crippen LogP contribution in [0, 0.1) is 0 Å². The molecule has 0 aromatic heterocycles. The molecule has 0 aliphatic rings. The van der Waals surface area contributed by atoms with Gasteiger partial charge in [0.15, 0.2) is 0 Å². The third-order valence-corrected chi connectivity index (χ3v) is 2.75. The molecule has 2 amide bonds. The van der Waals surface area contributed by atoms with Crippen LogP contribution in [0.25, 0.3) is 0 Å². The smallest absolute Gasteiger partial charge is 0.326 e. The Morgan fingerprint density at radius 1 is 1.35 bits per heavy atom. The minimum atomic E-state index is -1.18. The average Bonchev–Trinajstić information content (AvgIpc) is 2.23. The van der Waals surface area contributed by atoms with E-state index in [0.717, 1.165) is 0 Å². The van der Waals surface area contributed by atoms with Crippen molar-refractivity contribution in [2.75, 3.05) is 18.1 Å². The molecule has 0 saturated heterocycles. The van der Waals surface area contributed by atoms with E-state index >= 15 is 0 Å². The molecule has 0 rings (SSSR count). The standard InChI is InChI=1S/C9H16N2O5S/c10-7(13)5-17-4-2-8(14)11-6(1-3-12)9(15)16/h6,12H,1-5H2,(H2,10,13)(H,11,14)(H,15,16)/t6-/m1/s1. The predicted octanol–water partition coefficient (Wildman–Crippen LogP) is -1.45. The van der Waals surface area contributed by atoms with Crippen molar-refractivity contribution in [3.8, 4) is 0 Å². The van der Waals surface area contributed by atoms with Gasteiger partial charge in [-0.15, -0.1) is 0 Å². The number of aliphatic hydroxyl groups excluding tert-OH is 1. The number of hydrogen-bond donors (Lipinski definition) is 4. The van der Waals surface area contributed by atoms with Gasteiger partial charge in [0.05, 0.1) is 5.75 Å². The lowest BCUT2D eigenvalue weighted by atomic mass is 10.2. The molecule has 0 saturated carbocycles. The van der Waals surface area contributed by atoms with Crippen LogP contribution in [0.3, 0.4) is 0 Å². The summed E-state index contributed by atoms with van der Waals surface area (Å²) in [6.07, 6.45) is 0.0721. The van der Waals surface area contributed by atoms with Gasteiger partial charge in [0, 0.05) is 25.2 Å². The third-order valence-electron chi connectivity index (χ3n) is 1.77. The Kier molecular flexibility index (Phi) is 8.16. The summed E-state index contributed by atoms with van der Waals surface area (Å²) in [5.41, 5.74) is 4.90. The molecular weight excluding hydrogens is 248 g/mol. The van der Waals surface area contributed by atoms with Gasteiger partial charge in [0.25, 0.3) is 0 Å². The van der Waals surface area contributed by atoms with E-state index < -0.39 is 23.8 Å². The maximum Gasteiger partial charge on any atom is 0.326 e. The number of nitrogens with one attached hydrogen (secondary N) is 1. The molecule has 0 unspecified atom stereocenters. The van der Waals surface area contributed by atoms with Gasteiger partial charge in [-0.2, -0.15) is 11.8 Å². The molecule has 0 spiro atoms. The van der Waals surface area contributed by atoms with Crippen LogP contribution in [0.1, 0.15) is 12.8 Å². The fraction of sp³-hybridized carbons (Fsp3) is 0.667. The van der Waals surface area contributed by atoms with Gasteiger partial charge in [-0.05, 0) is 0 Å². The van der Waals surface area contributed by atoms with E-state index in [4.69, 9.17) is 15.9 Å². The molecule has 0 fully saturated rings. The molecular formula is C9H16N2O5S. The second-order valence-corrected chi connectivity index (χ2v) is 4.34. The Morgan fingerprint density at radius 2 is 2.00 bits per heavy atom. The van der Waals surface area contributed by atoms with Gasteiger partial charge in [-0.25, -0.2) is 4.79 Å². The molecule has 0 aliphatic heterocycles. The number of carboxylic acids is 1. The lowest BCUT2D eigenvalue weighted by Gasteiger charge is -2.12. The second kappa shape index (κ2) is 8.82. The highest BCUT2D eigenvalue weighted by atomic mass is 32.2. The molecule has 7 nitrogen and oxygen atoms in total. The third kappa shape index (κ3) is 8.52. The molecule has 1 atom stereocenters. The highest BCUT2D eigenvalue weighted by Crippen LogP contribution is 2.02. The lowest BCUT2D eigenvalue weighted by Crippen LogP contribution is -2.41. The number of rotatable bonds is 9. The highest BCUT2D eigenvalue weighted by molar-refractivity contribution is 7.99. The summed E-state index contributed by atoms with van der Waals surface area (Å²) in [4.78, 5) is 32.3. The predicted molar refractivity (Wildman–Crippen MR) is 62.4 cm³/mol. The van der Waals surface area contributed by atoms with Crippen molar-refractivity contribution in [1.82, 2.24) is 5.32 Å². The molecule has 0 aromatic carbocycles. The van der Waals surface area contributed by atoms with Crippen LogP contribution in [0.4, 0.5) is 0 Å². The Bertz CT molecular complexity index is 285. The van der Waals surface area contributed by atoms with E-state index in [1.807, 2.05) is 0 Å². The summed E-state index contributed by atoms with van der Waals surface area (Å²) < 4.78 is 0. The fourth-order valence-corrected chi connectivity index (χ4v) is 1.67. The van der Waals surface area contributed by atoms with Crippen molar-refractivity contribution in [3.63, 3.8) is 0 Å². The number of hydrogen-bond acceptors (Lipinski definition) is 5. The van der Waals surface area contributed by atoms with Crippen molar-refractivity contribution >= 4 is 29.5 Å². The number of carbonyl (C=O) groups excluding carboxylic acids is 2. The number of carbonyl (C=O) groups is 3. The summed E-state index contributed by atoms with van der Waals surface area (Å²) in [5, 5.41) is 19.6. The minimum Gasteiger partial charge on any atom is -0.480 e. The minimum absolute atomic E-state index is 0.0322. The Balaban J connectivity index is 3.82. The topological polar surface area (TPSA) is 130 Å². The molecule has 0 aliphatic carbocycles. The Hall–Kier alpha value is -1.28. The zero-order chi connectivity index (χ0) is 13.3. The normalized spacial score (nSPS) is 11.8. The van der Waals surface area contributed by atoms with Gasteiger partial charge >= 0.3 is 5.97 Å². The van der Waals surface area contributed by atoms with E-state index in [1.54, 1.807) is 0 Å². The van der Waals surface area contributed by atoms with Crippen molar-refractivity contribution in [2.24, 2.45) is 5.73 Å². The molecule has 0 bridgehead atoms. The molecule has 0 aromatic rings. The molecule has 8 heteroatoms. The first-order chi connectivity index (χ1) is 7.97. The van der Waals surface area contributed by atoms with Gasteiger partial charge in [-0.1, -0.05) is 0 Å². The van der Waals surface area contributed by atoms with Crippen molar-refractivity contribution in [1.29, 1.82) is 0 Å². The van der Waals surface area contributed by atoms with Crippen molar-refractivity contribution in [3.05, 3.63) is 0 Å². The lowest BCUT2D eigenvalue weighted by molar-refractivity contribution is -0.142. The zero-order valence-corrected chi connectivity index (χ0v) is 10.0. The Morgan fingerprint density at radius 3 is 2.47 bits per heavy atom. The van der Waals surface area contributed by atoms with Gasteiger partial charge < -0.3 is 21.3 Å². The fourth-order valence-electron chi connectivity index (χ4n) is 0.991. The van der Waals surface area contributed by atoms with Crippen LogP contribution < -0.4 is 11.1 Å². The first kappa shape index (κ1) is 15.7. The van der Waals surface area contributed by atoms with Gasteiger partial charge in [0.1, 0.15) is 6.04 Å². The first-order valence-electron chi connectivity index (χ1n) is 4.96. The van der Waals surface area contributed by atoms with E-state index in [2.05, 4.69) is 5.32 Å². The van der Waals surface area contributed by atoms with Gasteiger partial charge in [0.2, 0.25) is 11.8 Å². The van der Waals surface area contributed by atoms with Crippen LogP contribution in [-0.2, 0) is 14.4 Å². The van der Waals surface area contributed by atoms with E-state index in [1.165, 1.54) is 11.8 Å². The summed E-state index contributed by atoms with van der Waals surface area (Å²) in [6.45, 7) is -0.312. The number of primary amides is 1. The van der Waals surface area contributed by atoms with Gasteiger partial charge in [-0.3, -0.25) is 9.59 Å². The number of nitrogens with two attached hydrogens (primary N) is 1. The number of amides is 2. The zero-order valence-electron chi connectivity index (χ0n) is 9.22. The number of carboxylic acid groups (broad SMARTS) is 1. The largest absolute Gasteiger partial charge is 0.480 e. The van der Waals surface area contributed by atoms with Crippen molar-refractivity contribution in [2.45, 2.75) is 18.9 Å². The van der Waals surface area contributed by atoms with Crippen LogP contribution in [0.15, 0.2) is 0 Å². The summed E-state index contributed by atoms with van der Waals surface area (Å²) in [5.74, 6) is -1.55. The summed E-state index contributed by atoms with van der Waals surface area (Å²) >= 11 is 1.21. The van der Waals surface area contributed by atoms with E-state index in [9.17, 15) is 14.4 Å². The average molecular weight is 264 g/mol. The quantitative estimate of drug-likeness (QED) is 0.377. The number of aliphatic carboxylic acids is 1. The number of thioether (sulfide) groups is 1. The second-order valence-electron chi connectivity index (χ2n) is 3.24. The molecule has 17 heavy (non-hydrogen) atoms. The van der Waals surface area contributed by atoms with Crippen LogP contribution >= 0.6 is 11.8 Å². The Labute approximate surface area is 103 Å². The maximum atomic E-state index is 11.3. The van der Waals surface area contributed by atoms with Crippen LogP contribution in [0.2, 0.25) is 0 Å². The highest BCUT2D eigenvalue weighted by Gasteiger charge is 2.18. The van der Waals surface area contributed by atoms with Crippen LogP contribution in [0.5, 0.6) is 0 Å².